The van der Waals surface area contributed by atoms with Gasteiger partial charge in [-0.25, -0.2) is 4.98 Å². The zero-order chi connectivity index (χ0) is 19.2. The molecule has 0 aliphatic carbocycles. The summed E-state index contributed by atoms with van der Waals surface area (Å²) in [6.07, 6.45) is 0.687. The molecular weight excluding hydrogens is 378 g/mol. The molecule has 1 saturated heterocycles. The van der Waals surface area contributed by atoms with Crippen LogP contribution in [0.2, 0.25) is 0 Å². The number of benzene rings is 1. The third kappa shape index (κ3) is 5.81. The highest BCUT2D eigenvalue weighted by atomic mass is 32.2. The number of nitrogens with one attached hydrogen (secondary N) is 1. The normalized spacial score (nSPS) is 14.4. The van der Waals surface area contributed by atoms with E-state index in [9.17, 15) is 9.59 Å². The minimum atomic E-state index is -0.0785. The summed E-state index contributed by atoms with van der Waals surface area (Å²) in [5.74, 6) is 2.52. The van der Waals surface area contributed by atoms with Crippen LogP contribution in [0, 0.1) is 0 Å². The SMILES string of the molecule is CC(C)c1nc(CC(=O)Nc2ccc(CC(=O)N3CCSCC3)cc2)cs1. The number of anilines is 1. The van der Waals surface area contributed by atoms with Crippen LogP contribution in [0.4, 0.5) is 5.69 Å². The summed E-state index contributed by atoms with van der Waals surface area (Å²) in [6, 6.07) is 7.53. The molecule has 1 aliphatic rings. The van der Waals surface area contributed by atoms with Crippen molar-refractivity contribution < 1.29 is 9.59 Å². The molecule has 144 valence electrons. The summed E-state index contributed by atoms with van der Waals surface area (Å²) in [5.41, 5.74) is 2.52. The van der Waals surface area contributed by atoms with Gasteiger partial charge in [-0.15, -0.1) is 11.3 Å². The lowest BCUT2D eigenvalue weighted by atomic mass is 10.1. The van der Waals surface area contributed by atoms with E-state index in [0.29, 0.717) is 12.3 Å². The monoisotopic (exact) mass is 403 g/mol. The van der Waals surface area contributed by atoms with Crippen LogP contribution in [0.5, 0.6) is 0 Å². The predicted molar refractivity (Wildman–Crippen MR) is 113 cm³/mol. The number of amides is 2. The fourth-order valence-corrected chi connectivity index (χ4v) is 4.58. The Kier molecular flexibility index (Phi) is 6.90. The lowest BCUT2D eigenvalue weighted by Crippen LogP contribution is -2.38. The fourth-order valence-electron chi connectivity index (χ4n) is 2.84. The smallest absolute Gasteiger partial charge is 0.230 e. The maximum absolute atomic E-state index is 12.3. The topological polar surface area (TPSA) is 62.3 Å². The van der Waals surface area contributed by atoms with Crippen molar-refractivity contribution in [2.24, 2.45) is 0 Å². The maximum atomic E-state index is 12.3. The highest BCUT2D eigenvalue weighted by molar-refractivity contribution is 7.99. The molecule has 0 spiro atoms. The molecule has 0 unspecified atom stereocenters. The van der Waals surface area contributed by atoms with E-state index >= 15 is 0 Å². The van der Waals surface area contributed by atoms with Crippen LogP contribution in [0.3, 0.4) is 0 Å². The molecule has 2 amide bonds. The Morgan fingerprint density at radius 2 is 1.85 bits per heavy atom. The molecule has 2 heterocycles. The summed E-state index contributed by atoms with van der Waals surface area (Å²) < 4.78 is 0. The number of carbonyl (C=O) groups is 2. The van der Waals surface area contributed by atoms with Crippen molar-refractivity contribution >= 4 is 40.6 Å². The second kappa shape index (κ2) is 9.37. The molecular formula is C20H25N3O2S2. The first-order chi connectivity index (χ1) is 13.0. The molecule has 1 aromatic carbocycles. The van der Waals surface area contributed by atoms with Gasteiger partial charge in [0.1, 0.15) is 0 Å². The second-order valence-corrected chi connectivity index (χ2v) is 9.04. The van der Waals surface area contributed by atoms with Crippen molar-refractivity contribution in [2.75, 3.05) is 29.9 Å². The van der Waals surface area contributed by atoms with E-state index in [4.69, 9.17) is 0 Å². The van der Waals surface area contributed by atoms with E-state index in [-0.39, 0.29) is 18.2 Å². The Labute approximate surface area is 168 Å². The fraction of sp³-hybridized carbons (Fsp3) is 0.450. The quantitative estimate of drug-likeness (QED) is 0.801. The highest BCUT2D eigenvalue weighted by Crippen LogP contribution is 2.20. The lowest BCUT2D eigenvalue weighted by molar-refractivity contribution is -0.130. The van der Waals surface area contributed by atoms with Gasteiger partial charge < -0.3 is 10.2 Å². The van der Waals surface area contributed by atoms with E-state index in [2.05, 4.69) is 24.1 Å². The minimum Gasteiger partial charge on any atom is -0.341 e. The van der Waals surface area contributed by atoms with Gasteiger partial charge in [-0.05, 0) is 17.7 Å². The first-order valence-electron chi connectivity index (χ1n) is 9.20. The summed E-state index contributed by atoms with van der Waals surface area (Å²) >= 11 is 3.49. The molecule has 1 fully saturated rings. The van der Waals surface area contributed by atoms with Gasteiger partial charge >= 0.3 is 0 Å². The number of thiazole rings is 1. The Bertz CT molecular complexity index is 781. The van der Waals surface area contributed by atoms with Gasteiger partial charge in [-0.2, -0.15) is 11.8 Å². The van der Waals surface area contributed by atoms with E-state index in [1.54, 1.807) is 11.3 Å². The average Bonchev–Trinajstić information content (AvgIpc) is 3.12. The minimum absolute atomic E-state index is 0.0785. The Balaban J connectivity index is 1.50. The zero-order valence-corrected chi connectivity index (χ0v) is 17.4. The van der Waals surface area contributed by atoms with Crippen molar-refractivity contribution in [3.63, 3.8) is 0 Å². The van der Waals surface area contributed by atoms with Crippen molar-refractivity contribution in [3.05, 3.63) is 45.9 Å². The third-order valence-electron chi connectivity index (χ3n) is 4.36. The van der Waals surface area contributed by atoms with Crippen molar-refractivity contribution in [1.82, 2.24) is 9.88 Å². The van der Waals surface area contributed by atoms with Crippen molar-refractivity contribution in [1.29, 1.82) is 0 Å². The number of hydrogen-bond donors (Lipinski definition) is 1. The number of rotatable bonds is 6. The molecule has 0 bridgehead atoms. The Morgan fingerprint density at radius 3 is 2.48 bits per heavy atom. The van der Waals surface area contributed by atoms with E-state index < -0.39 is 0 Å². The first kappa shape index (κ1) is 19.9. The molecule has 1 aromatic heterocycles. The van der Waals surface area contributed by atoms with E-state index in [1.807, 2.05) is 46.3 Å². The van der Waals surface area contributed by atoms with Crippen LogP contribution >= 0.6 is 23.1 Å². The molecule has 27 heavy (non-hydrogen) atoms. The molecule has 1 N–H and O–H groups in total. The predicted octanol–water partition coefficient (Wildman–Crippen LogP) is 3.57. The van der Waals surface area contributed by atoms with Gasteiger partial charge in [-0.3, -0.25) is 9.59 Å². The van der Waals surface area contributed by atoms with Gasteiger partial charge in [0, 0.05) is 41.6 Å². The molecule has 0 atom stereocenters. The van der Waals surface area contributed by atoms with Crippen molar-refractivity contribution in [2.45, 2.75) is 32.6 Å². The first-order valence-corrected chi connectivity index (χ1v) is 11.2. The van der Waals surface area contributed by atoms with Gasteiger partial charge in [0.2, 0.25) is 11.8 Å². The molecule has 1 aliphatic heterocycles. The molecule has 5 nitrogen and oxygen atoms in total. The van der Waals surface area contributed by atoms with Gasteiger partial charge in [-0.1, -0.05) is 26.0 Å². The maximum Gasteiger partial charge on any atom is 0.230 e. The number of carbonyl (C=O) groups excluding carboxylic acids is 2. The average molecular weight is 404 g/mol. The van der Waals surface area contributed by atoms with Gasteiger partial charge in [0.15, 0.2) is 0 Å². The van der Waals surface area contributed by atoms with Crippen LogP contribution in [0.25, 0.3) is 0 Å². The summed E-state index contributed by atoms with van der Waals surface area (Å²) in [7, 11) is 0. The zero-order valence-electron chi connectivity index (χ0n) is 15.7. The van der Waals surface area contributed by atoms with Gasteiger partial charge in [0.25, 0.3) is 0 Å². The van der Waals surface area contributed by atoms with Crippen LogP contribution < -0.4 is 5.32 Å². The van der Waals surface area contributed by atoms with Gasteiger partial charge in [0.05, 0.1) is 23.5 Å². The highest BCUT2D eigenvalue weighted by Gasteiger charge is 2.17. The largest absolute Gasteiger partial charge is 0.341 e. The number of nitrogens with zero attached hydrogens (tertiary/aromatic N) is 2. The molecule has 0 saturated carbocycles. The summed E-state index contributed by atoms with van der Waals surface area (Å²) in [5, 5.41) is 5.90. The van der Waals surface area contributed by atoms with Crippen LogP contribution in [-0.4, -0.2) is 46.3 Å². The Morgan fingerprint density at radius 1 is 1.15 bits per heavy atom. The molecule has 7 heteroatoms. The summed E-state index contributed by atoms with van der Waals surface area (Å²) in [6.45, 7) is 5.87. The van der Waals surface area contributed by atoms with E-state index in [0.717, 1.165) is 46.5 Å². The number of aromatic nitrogens is 1. The second-order valence-electron chi connectivity index (χ2n) is 6.92. The molecule has 0 radical (unpaired) electrons. The number of thioether (sulfide) groups is 1. The standard InChI is InChI=1S/C20H25N3O2S2/c1-14(2)20-22-17(13-27-20)12-18(24)21-16-5-3-15(4-6-16)11-19(25)23-7-9-26-10-8-23/h3-6,13-14H,7-12H2,1-2H3,(H,21,24). The molecule has 3 rings (SSSR count). The number of hydrogen-bond acceptors (Lipinski definition) is 5. The Hall–Kier alpha value is -1.86. The van der Waals surface area contributed by atoms with Crippen LogP contribution in [0.1, 0.15) is 36.0 Å². The summed E-state index contributed by atoms with van der Waals surface area (Å²) in [4.78, 5) is 31.0. The van der Waals surface area contributed by atoms with Crippen LogP contribution in [-0.2, 0) is 22.4 Å². The lowest BCUT2D eigenvalue weighted by Gasteiger charge is -2.26. The third-order valence-corrected chi connectivity index (χ3v) is 6.50. The van der Waals surface area contributed by atoms with E-state index in [1.165, 1.54) is 0 Å². The molecule has 2 aromatic rings. The van der Waals surface area contributed by atoms with Crippen LogP contribution in [0.15, 0.2) is 29.6 Å². The van der Waals surface area contributed by atoms with Crippen molar-refractivity contribution in [3.8, 4) is 0 Å².